The first-order chi connectivity index (χ1) is 2.56. The molecule has 0 amide bonds. The molecule has 0 heterocycles. The molecule has 0 aromatic heterocycles. The first-order valence-corrected chi connectivity index (χ1v) is 2.35. The first-order valence-electron chi connectivity index (χ1n) is 1.97. The molecule has 0 aromatic rings. The lowest BCUT2D eigenvalue weighted by atomic mass is 10.3. The summed E-state index contributed by atoms with van der Waals surface area (Å²) in [5.74, 6) is 0. The minimum absolute atomic E-state index is 0. The van der Waals surface area contributed by atoms with Crippen LogP contribution in [0.3, 0.4) is 0 Å². The van der Waals surface area contributed by atoms with E-state index in [0.29, 0.717) is 6.42 Å². The summed E-state index contributed by atoms with van der Waals surface area (Å²) in [6.07, 6.45) is 0.592. The summed E-state index contributed by atoms with van der Waals surface area (Å²) in [5, 5.41) is 7.61. The molecule has 0 rings (SSSR count). The van der Waals surface area contributed by atoms with Gasteiger partial charge in [-0.2, -0.15) is 0 Å². The quantitative estimate of drug-likeness (QED) is 0.522. The van der Waals surface area contributed by atoms with Crippen molar-refractivity contribution in [3.63, 3.8) is 0 Å². The molecular formula is C4H12ClNO. The Morgan fingerprint density at radius 3 is 1.86 bits per heavy atom. The van der Waals surface area contributed by atoms with Gasteiger partial charge in [-0.3, -0.25) is 0 Å². The molecule has 0 aliphatic carbocycles. The third-order valence-corrected chi connectivity index (χ3v) is 0.913. The lowest BCUT2D eigenvalue weighted by Gasteiger charge is -2.08. The molecule has 7 heavy (non-hydrogen) atoms. The fourth-order valence-electron chi connectivity index (χ4n) is 0. The largest absolute Gasteiger partial charge is 0.375 e. The highest BCUT2D eigenvalue weighted by atomic mass is 35.5. The van der Waals surface area contributed by atoms with E-state index in [9.17, 15) is 0 Å². The van der Waals surface area contributed by atoms with E-state index in [4.69, 9.17) is 16.7 Å². The van der Waals surface area contributed by atoms with Gasteiger partial charge < -0.3 is 11.3 Å². The molecule has 0 saturated carbocycles. The summed E-state index contributed by atoms with van der Waals surface area (Å²) in [5.41, 5.74) is 0. The average molecular weight is 126 g/mol. The third kappa shape index (κ3) is 10.7. The smallest absolute Gasteiger partial charge is 0.135 e. The first kappa shape index (κ1) is 10.2. The summed E-state index contributed by atoms with van der Waals surface area (Å²) in [6, 6.07) is 0. The summed E-state index contributed by atoms with van der Waals surface area (Å²) in [7, 11) is 0. The highest BCUT2D eigenvalue weighted by molar-refractivity contribution is 6.22. The zero-order chi connectivity index (χ0) is 5.21. The van der Waals surface area contributed by atoms with Crippen LogP contribution in [0.1, 0.15) is 20.3 Å². The van der Waals surface area contributed by atoms with Crippen LogP contribution in [0.4, 0.5) is 0 Å². The normalized spacial score (nSPS) is 17.1. The Kier molecular flexibility index (Phi) is 4.75. The van der Waals surface area contributed by atoms with Gasteiger partial charge in [0, 0.05) is 0 Å². The molecule has 4 N–H and O–H groups in total. The van der Waals surface area contributed by atoms with Gasteiger partial charge in [0.2, 0.25) is 0 Å². The van der Waals surface area contributed by atoms with Gasteiger partial charge in [0.1, 0.15) is 5.06 Å². The zero-order valence-corrected chi connectivity index (χ0v) is 5.50. The maximum Gasteiger partial charge on any atom is 0.135 e. The molecule has 0 fully saturated rings. The number of aliphatic hydroxyl groups is 1. The van der Waals surface area contributed by atoms with Crippen LogP contribution in [0, 0.1) is 0 Å². The molecule has 46 valence electrons. The number of hydrogen-bond donors (Lipinski definition) is 2. The van der Waals surface area contributed by atoms with E-state index in [0.717, 1.165) is 0 Å². The number of hydrogen-bond acceptors (Lipinski definition) is 2. The predicted octanol–water partition coefficient (Wildman–Crippen LogP) is 1.51. The Balaban J connectivity index is 0. The Hall–Kier alpha value is 0.210. The van der Waals surface area contributed by atoms with Crippen LogP contribution >= 0.6 is 11.6 Å². The maximum atomic E-state index is 8.59. The summed E-state index contributed by atoms with van der Waals surface area (Å²) in [4.78, 5) is 0. The topological polar surface area (TPSA) is 55.2 Å². The van der Waals surface area contributed by atoms with Crippen LogP contribution in [-0.2, 0) is 0 Å². The van der Waals surface area contributed by atoms with Crippen LogP contribution < -0.4 is 6.15 Å². The van der Waals surface area contributed by atoms with Crippen molar-refractivity contribution in [2.24, 2.45) is 0 Å². The maximum absolute atomic E-state index is 8.59. The van der Waals surface area contributed by atoms with Crippen molar-refractivity contribution < 1.29 is 5.11 Å². The molecule has 0 saturated heterocycles. The van der Waals surface area contributed by atoms with Crippen LogP contribution in [0.2, 0.25) is 0 Å². The Bertz CT molecular complexity index is 41.4. The van der Waals surface area contributed by atoms with Crippen molar-refractivity contribution in [1.29, 1.82) is 0 Å². The van der Waals surface area contributed by atoms with Crippen LogP contribution in [0.15, 0.2) is 0 Å². The summed E-state index contributed by atoms with van der Waals surface area (Å²) < 4.78 is 0. The van der Waals surface area contributed by atoms with Crippen LogP contribution in [0.25, 0.3) is 0 Å². The fourth-order valence-corrected chi connectivity index (χ4v) is 0. The van der Waals surface area contributed by atoms with Crippen molar-refractivity contribution in [2.45, 2.75) is 25.3 Å². The third-order valence-electron chi connectivity index (χ3n) is 0.645. The Morgan fingerprint density at radius 2 is 1.86 bits per heavy atom. The predicted molar refractivity (Wildman–Crippen MR) is 31.8 cm³/mol. The second-order valence-electron chi connectivity index (χ2n) is 1.50. The zero-order valence-electron chi connectivity index (χ0n) is 4.74. The monoisotopic (exact) mass is 125 g/mol. The molecule has 0 aliphatic heterocycles. The van der Waals surface area contributed by atoms with Gasteiger partial charge in [0.15, 0.2) is 0 Å². The molecule has 0 bridgehead atoms. The van der Waals surface area contributed by atoms with Crippen molar-refractivity contribution in [2.75, 3.05) is 0 Å². The molecule has 0 radical (unpaired) electrons. The van der Waals surface area contributed by atoms with Crippen molar-refractivity contribution in [3.05, 3.63) is 0 Å². The van der Waals surface area contributed by atoms with E-state index in [1.165, 1.54) is 0 Å². The van der Waals surface area contributed by atoms with E-state index in [-0.39, 0.29) is 6.15 Å². The number of alkyl halides is 1. The van der Waals surface area contributed by atoms with Gasteiger partial charge in [-0.15, -0.1) is 0 Å². The molecule has 2 nitrogen and oxygen atoms in total. The van der Waals surface area contributed by atoms with Gasteiger partial charge in [-0.25, -0.2) is 0 Å². The lowest BCUT2D eigenvalue weighted by molar-refractivity contribution is 0.145. The summed E-state index contributed by atoms with van der Waals surface area (Å²) >= 11 is 5.27. The molecule has 0 aromatic carbocycles. The van der Waals surface area contributed by atoms with E-state index < -0.39 is 5.06 Å². The van der Waals surface area contributed by atoms with Crippen molar-refractivity contribution >= 4 is 11.6 Å². The van der Waals surface area contributed by atoms with Crippen LogP contribution in [0.5, 0.6) is 0 Å². The van der Waals surface area contributed by atoms with E-state index in [1.807, 2.05) is 6.92 Å². The average Bonchev–Trinajstić information content (AvgIpc) is 1.35. The Labute approximate surface area is 49.1 Å². The molecule has 0 aliphatic rings. The van der Waals surface area contributed by atoms with Gasteiger partial charge in [0.25, 0.3) is 0 Å². The SMILES string of the molecule is CCC(C)(O)Cl.N. The minimum atomic E-state index is -0.986. The number of halogens is 1. The molecule has 3 heteroatoms. The Morgan fingerprint density at radius 1 is 1.71 bits per heavy atom. The van der Waals surface area contributed by atoms with E-state index >= 15 is 0 Å². The van der Waals surface area contributed by atoms with Gasteiger partial charge in [-0.1, -0.05) is 18.5 Å². The fraction of sp³-hybridized carbons (Fsp3) is 1.00. The molecule has 0 spiro atoms. The van der Waals surface area contributed by atoms with E-state index in [2.05, 4.69) is 0 Å². The van der Waals surface area contributed by atoms with E-state index in [1.54, 1.807) is 6.92 Å². The second kappa shape index (κ2) is 3.24. The van der Waals surface area contributed by atoms with Gasteiger partial charge >= 0.3 is 0 Å². The number of rotatable bonds is 1. The molecule has 1 atom stereocenters. The van der Waals surface area contributed by atoms with Gasteiger partial charge in [-0.05, 0) is 13.3 Å². The summed E-state index contributed by atoms with van der Waals surface area (Å²) in [6.45, 7) is 3.39. The standard InChI is InChI=1S/C4H9ClO.H3N/c1-3-4(2,5)6;/h6H,3H2,1-2H3;1H3. The second-order valence-corrected chi connectivity index (χ2v) is 2.31. The van der Waals surface area contributed by atoms with Gasteiger partial charge in [0.05, 0.1) is 0 Å². The highest BCUT2D eigenvalue weighted by Gasteiger charge is 2.09. The highest BCUT2D eigenvalue weighted by Crippen LogP contribution is 2.11. The molecule has 1 unspecified atom stereocenters. The molecular weight excluding hydrogens is 114 g/mol. The van der Waals surface area contributed by atoms with Crippen molar-refractivity contribution in [3.8, 4) is 0 Å². The van der Waals surface area contributed by atoms with Crippen molar-refractivity contribution in [1.82, 2.24) is 6.15 Å². The van der Waals surface area contributed by atoms with Crippen LogP contribution in [-0.4, -0.2) is 10.2 Å². The lowest BCUT2D eigenvalue weighted by Crippen LogP contribution is -2.11. The minimum Gasteiger partial charge on any atom is -0.375 e.